The number of benzene rings is 1. The summed E-state index contributed by atoms with van der Waals surface area (Å²) < 4.78 is 5.46. The van der Waals surface area contributed by atoms with E-state index in [0.717, 1.165) is 12.8 Å². The van der Waals surface area contributed by atoms with Crippen molar-refractivity contribution in [1.29, 1.82) is 5.41 Å². The van der Waals surface area contributed by atoms with Crippen molar-refractivity contribution in [3.8, 4) is 0 Å². The third-order valence-electron chi connectivity index (χ3n) is 4.96. The van der Waals surface area contributed by atoms with E-state index in [1.54, 1.807) is 61.7 Å². The van der Waals surface area contributed by atoms with Crippen molar-refractivity contribution >= 4 is 37.9 Å². The minimum atomic E-state index is -0.408. The van der Waals surface area contributed by atoms with Gasteiger partial charge in [0.2, 0.25) is 0 Å². The standard InChI is InChI=1S/C26H27BrN2O3/c1-18(32-3)19-12-10-11-13-20(19)25(30)22(15-7-5-9-17-24(27)28)26(31)21-14-6-4-8-16-23(21)29-2/h4-7,9-15,17,23,28-29H,1,8,16H2,2-3H3/b7-5+,17-9-,22-15-,28-24?. The third-order valence-corrected chi connectivity index (χ3v) is 5.22. The summed E-state index contributed by atoms with van der Waals surface area (Å²) in [4.78, 5) is 27.2. The second kappa shape index (κ2) is 12.7. The monoisotopic (exact) mass is 494 g/mol. The Morgan fingerprint density at radius 1 is 1.19 bits per heavy atom. The van der Waals surface area contributed by atoms with E-state index in [9.17, 15) is 9.59 Å². The topological polar surface area (TPSA) is 79.2 Å². The molecule has 1 aliphatic rings. The Hall–Kier alpha value is -3.09. The average molecular weight is 495 g/mol. The normalized spacial score (nSPS) is 16.7. The number of allylic oxidation sites excluding steroid dienone is 9. The zero-order chi connectivity index (χ0) is 23.5. The highest BCUT2D eigenvalue weighted by Crippen LogP contribution is 2.25. The number of ketones is 2. The van der Waals surface area contributed by atoms with Gasteiger partial charge in [-0.05, 0) is 48.0 Å². The summed E-state index contributed by atoms with van der Waals surface area (Å²) in [5.74, 6) is -0.394. The maximum Gasteiger partial charge on any atom is 0.197 e. The molecule has 0 radical (unpaired) electrons. The van der Waals surface area contributed by atoms with Gasteiger partial charge in [0, 0.05) is 22.7 Å². The van der Waals surface area contributed by atoms with Crippen LogP contribution in [0.2, 0.25) is 0 Å². The zero-order valence-electron chi connectivity index (χ0n) is 18.2. The molecule has 0 bridgehead atoms. The van der Waals surface area contributed by atoms with Crippen LogP contribution in [0.25, 0.3) is 5.76 Å². The molecule has 1 atom stereocenters. The molecule has 1 aromatic carbocycles. The Bertz CT molecular complexity index is 1040. The number of hydrogen-bond donors (Lipinski definition) is 2. The summed E-state index contributed by atoms with van der Waals surface area (Å²) in [5, 5.41) is 10.6. The van der Waals surface area contributed by atoms with Crippen LogP contribution in [-0.2, 0) is 9.53 Å². The molecule has 0 saturated carbocycles. The fourth-order valence-corrected chi connectivity index (χ4v) is 3.43. The van der Waals surface area contributed by atoms with Gasteiger partial charge in [0.05, 0.1) is 17.3 Å². The Morgan fingerprint density at radius 2 is 1.91 bits per heavy atom. The SMILES string of the molecule is C=C(OC)c1ccccc1C(=O)/C(=C/C=C/C=C\C(=N)Br)C(=O)C1=CC=CCCC1NC. The largest absolute Gasteiger partial charge is 0.497 e. The molecular formula is C26H27BrN2O3. The molecule has 6 heteroatoms. The van der Waals surface area contributed by atoms with Gasteiger partial charge in [0.25, 0.3) is 0 Å². The Morgan fingerprint density at radius 3 is 2.56 bits per heavy atom. The Kier molecular flexibility index (Phi) is 9.98. The van der Waals surface area contributed by atoms with Gasteiger partial charge in [-0.15, -0.1) is 0 Å². The molecule has 0 aliphatic heterocycles. The van der Waals surface area contributed by atoms with E-state index in [1.165, 1.54) is 13.2 Å². The highest BCUT2D eigenvalue weighted by Gasteiger charge is 2.28. The molecule has 166 valence electrons. The molecule has 0 saturated heterocycles. The van der Waals surface area contributed by atoms with Crippen molar-refractivity contribution < 1.29 is 14.3 Å². The molecule has 5 nitrogen and oxygen atoms in total. The van der Waals surface area contributed by atoms with Gasteiger partial charge in [0.1, 0.15) is 5.76 Å². The molecule has 0 amide bonds. The first-order valence-electron chi connectivity index (χ1n) is 10.2. The molecule has 1 aromatic rings. The molecule has 0 aromatic heterocycles. The number of nitrogens with one attached hydrogen (secondary N) is 2. The van der Waals surface area contributed by atoms with Crippen molar-refractivity contribution in [2.45, 2.75) is 18.9 Å². The molecule has 1 unspecified atom stereocenters. The maximum absolute atomic E-state index is 13.6. The van der Waals surface area contributed by atoms with Crippen LogP contribution in [0.4, 0.5) is 0 Å². The highest BCUT2D eigenvalue weighted by molar-refractivity contribution is 9.18. The van der Waals surface area contributed by atoms with Crippen LogP contribution in [0.15, 0.2) is 90.6 Å². The van der Waals surface area contributed by atoms with Crippen molar-refractivity contribution in [1.82, 2.24) is 5.32 Å². The Labute approximate surface area is 197 Å². The first-order valence-corrected chi connectivity index (χ1v) is 10.9. The number of ether oxygens (including phenoxy) is 1. The molecule has 0 spiro atoms. The zero-order valence-corrected chi connectivity index (χ0v) is 19.8. The summed E-state index contributed by atoms with van der Waals surface area (Å²) in [6, 6.07) is 6.78. The number of halogens is 1. The molecule has 0 heterocycles. The minimum absolute atomic E-state index is 0.0433. The van der Waals surface area contributed by atoms with E-state index in [1.807, 2.05) is 12.2 Å². The molecule has 1 aliphatic carbocycles. The van der Waals surface area contributed by atoms with E-state index >= 15 is 0 Å². The van der Waals surface area contributed by atoms with E-state index in [0.29, 0.717) is 22.5 Å². The fraction of sp³-hybridized carbons (Fsp3) is 0.192. The lowest BCUT2D eigenvalue weighted by Gasteiger charge is -2.19. The van der Waals surface area contributed by atoms with Gasteiger partial charge in [-0.2, -0.15) is 0 Å². The lowest BCUT2D eigenvalue weighted by Crippen LogP contribution is -2.32. The van der Waals surface area contributed by atoms with Gasteiger partial charge >= 0.3 is 0 Å². The maximum atomic E-state index is 13.6. The molecule has 0 fully saturated rings. The molecule has 2 N–H and O–H groups in total. The second-order valence-corrected chi connectivity index (χ2v) is 7.83. The van der Waals surface area contributed by atoms with E-state index < -0.39 is 5.78 Å². The first-order chi connectivity index (χ1) is 15.4. The number of hydrogen-bond acceptors (Lipinski definition) is 5. The number of methoxy groups -OCH3 is 1. The first kappa shape index (κ1) is 25.2. The summed E-state index contributed by atoms with van der Waals surface area (Å²) in [6.45, 7) is 3.86. The molecule has 2 rings (SSSR count). The predicted octanol–water partition coefficient (Wildman–Crippen LogP) is 5.33. The van der Waals surface area contributed by atoms with E-state index in [-0.39, 0.29) is 22.0 Å². The van der Waals surface area contributed by atoms with Gasteiger partial charge in [0.15, 0.2) is 11.6 Å². The van der Waals surface area contributed by atoms with Crippen LogP contribution in [0.1, 0.15) is 28.8 Å². The number of rotatable bonds is 10. The van der Waals surface area contributed by atoms with Crippen LogP contribution >= 0.6 is 15.9 Å². The Balaban J connectivity index is 2.54. The second-order valence-electron chi connectivity index (χ2n) is 6.97. The molecular weight excluding hydrogens is 468 g/mol. The van der Waals surface area contributed by atoms with Crippen LogP contribution in [-0.4, -0.2) is 36.4 Å². The van der Waals surface area contributed by atoms with Crippen molar-refractivity contribution in [2.24, 2.45) is 0 Å². The average Bonchev–Trinajstić information content (AvgIpc) is 3.05. The molecule has 32 heavy (non-hydrogen) atoms. The number of Topliss-reactive ketones (excluding diaryl/α,β-unsaturated/α-hetero) is 2. The smallest absolute Gasteiger partial charge is 0.197 e. The third kappa shape index (κ3) is 6.70. The quantitative estimate of drug-likeness (QED) is 0.0875. The van der Waals surface area contributed by atoms with Crippen molar-refractivity contribution in [3.05, 3.63) is 102 Å². The van der Waals surface area contributed by atoms with Crippen molar-refractivity contribution in [2.75, 3.05) is 14.2 Å². The summed E-state index contributed by atoms with van der Waals surface area (Å²) in [6.07, 6.45) is 15.2. The van der Waals surface area contributed by atoms with Crippen molar-refractivity contribution in [3.63, 3.8) is 0 Å². The van der Waals surface area contributed by atoms with Crippen LogP contribution in [0, 0.1) is 5.41 Å². The highest BCUT2D eigenvalue weighted by atomic mass is 79.9. The lowest BCUT2D eigenvalue weighted by molar-refractivity contribution is -0.112. The van der Waals surface area contributed by atoms with E-state index in [2.05, 4.69) is 27.8 Å². The van der Waals surface area contributed by atoms with Crippen LogP contribution in [0.5, 0.6) is 0 Å². The van der Waals surface area contributed by atoms with Gasteiger partial charge in [-0.3, -0.25) is 15.0 Å². The van der Waals surface area contributed by atoms with E-state index in [4.69, 9.17) is 10.1 Å². The van der Waals surface area contributed by atoms with Crippen LogP contribution in [0.3, 0.4) is 0 Å². The lowest BCUT2D eigenvalue weighted by atomic mass is 9.89. The predicted molar refractivity (Wildman–Crippen MR) is 134 cm³/mol. The summed E-state index contributed by atoms with van der Waals surface area (Å²) >= 11 is 3.03. The van der Waals surface area contributed by atoms with Crippen LogP contribution < -0.4 is 5.32 Å². The summed E-state index contributed by atoms with van der Waals surface area (Å²) in [7, 11) is 3.29. The summed E-state index contributed by atoms with van der Waals surface area (Å²) in [5.41, 5.74) is 1.46. The van der Waals surface area contributed by atoms with Gasteiger partial charge in [-0.25, -0.2) is 0 Å². The number of carbonyl (C=O) groups excluding carboxylic acids is 2. The minimum Gasteiger partial charge on any atom is -0.497 e. The van der Waals surface area contributed by atoms with Gasteiger partial charge < -0.3 is 10.1 Å². The van der Waals surface area contributed by atoms with Gasteiger partial charge in [-0.1, -0.05) is 67.3 Å². The number of likely N-dealkylation sites (N-methyl/N-ethyl adjacent to an activating group) is 1. The number of carbonyl (C=O) groups is 2. The fourth-order valence-electron chi connectivity index (χ4n) is 3.28.